The molecular formula is C18H20F3NO3S. The molecule has 0 saturated carbocycles. The van der Waals surface area contributed by atoms with E-state index in [9.17, 15) is 26.7 Å². The quantitative estimate of drug-likeness (QED) is 0.821. The summed E-state index contributed by atoms with van der Waals surface area (Å²) in [4.78, 5) is 0.0372. The van der Waals surface area contributed by atoms with Gasteiger partial charge in [0.1, 0.15) is 0 Å². The van der Waals surface area contributed by atoms with Gasteiger partial charge in [-0.3, -0.25) is 4.31 Å². The Morgan fingerprint density at radius 3 is 2.04 bits per heavy atom. The normalized spacial score (nSPS) is 14.7. The van der Waals surface area contributed by atoms with Crippen molar-refractivity contribution in [2.24, 2.45) is 0 Å². The molecule has 2 aromatic rings. The first kappa shape index (κ1) is 20.3. The third-order valence-corrected chi connectivity index (χ3v) is 6.01. The van der Waals surface area contributed by atoms with Crippen molar-refractivity contribution in [3.8, 4) is 0 Å². The Bertz CT molecular complexity index is 832. The van der Waals surface area contributed by atoms with Crippen molar-refractivity contribution in [2.45, 2.75) is 36.4 Å². The van der Waals surface area contributed by atoms with Crippen LogP contribution in [-0.2, 0) is 16.4 Å². The lowest BCUT2D eigenvalue weighted by Gasteiger charge is -2.26. The van der Waals surface area contributed by atoms with Crippen molar-refractivity contribution in [3.63, 3.8) is 0 Å². The number of aliphatic hydroxyl groups is 1. The maximum Gasteiger partial charge on any atom is 0.416 e. The van der Waals surface area contributed by atoms with Crippen LogP contribution in [0.15, 0.2) is 59.5 Å². The Morgan fingerprint density at radius 1 is 1.00 bits per heavy atom. The predicted octanol–water partition coefficient (Wildman–Crippen LogP) is 3.76. The van der Waals surface area contributed by atoms with E-state index in [2.05, 4.69) is 0 Å². The summed E-state index contributed by atoms with van der Waals surface area (Å²) in [5, 5.41) is 9.47. The summed E-state index contributed by atoms with van der Waals surface area (Å²) in [6.45, 7) is 0.723. The van der Waals surface area contributed by atoms with Gasteiger partial charge >= 0.3 is 6.18 Å². The van der Waals surface area contributed by atoms with Crippen LogP contribution < -0.4 is 4.31 Å². The third kappa shape index (κ3) is 4.37. The molecular weight excluding hydrogens is 367 g/mol. The van der Waals surface area contributed by atoms with Crippen molar-refractivity contribution < 1.29 is 26.7 Å². The first-order chi connectivity index (χ1) is 11.9. The number of aryl methyl sites for hydroxylation is 1. The number of alkyl halides is 3. The molecule has 0 bridgehead atoms. The molecule has 0 spiro atoms. The fraction of sp³-hybridized carbons (Fsp3) is 0.333. The van der Waals surface area contributed by atoms with Crippen LogP contribution >= 0.6 is 0 Å². The highest BCUT2D eigenvalue weighted by atomic mass is 32.2. The van der Waals surface area contributed by atoms with Gasteiger partial charge in [0.25, 0.3) is 10.0 Å². The Hall–Kier alpha value is -2.06. The van der Waals surface area contributed by atoms with Crippen LogP contribution in [0.3, 0.4) is 0 Å². The van der Waals surface area contributed by atoms with Crippen LogP contribution in [0.2, 0.25) is 0 Å². The molecule has 0 radical (unpaired) electrons. The highest BCUT2D eigenvalue weighted by molar-refractivity contribution is 7.92. The zero-order valence-corrected chi connectivity index (χ0v) is 15.2. The molecule has 4 nitrogen and oxygen atoms in total. The van der Waals surface area contributed by atoms with Crippen LogP contribution in [0.25, 0.3) is 0 Å². The topological polar surface area (TPSA) is 57.6 Å². The lowest BCUT2D eigenvalue weighted by molar-refractivity contribution is -0.254. The highest BCUT2D eigenvalue weighted by Gasteiger charge is 2.49. The molecule has 2 rings (SSSR count). The van der Waals surface area contributed by atoms with Gasteiger partial charge < -0.3 is 5.11 Å². The number of rotatable bonds is 6. The Morgan fingerprint density at radius 2 is 1.54 bits per heavy atom. The van der Waals surface area contributed by atoms with Gasteiger partial charge in [0, 0.05) is 7.05 Å². The molecule has 142 valence electrons. The summed E-state index contributed by atoms with van der Waals surface area (Å²) in [5.74, 6) is 0. The van der Waals surface area contributed by atoms with Gasteiger partial charge in [0.05, 0.1) is 10.6 Å². The molecule has 0 amide bonds. The molecule has 0 aliphatic rings. The number of hydrogen-bond donors (Lipinski definition) is 1. The lowest BCUT2D eigenvalue weighted by atomic mass is 9.96. The van der Waals surface area contributed by atoms with Gasteiger partial charge in [0.15, 0.2) is 5.60 Å². The zero-order valence-electron chi connectivity index (χ0n) is 14.4. The second kappa shape index (κ2) is 7.28. The van der Waals surface area contributed by atoms with Crippen LogP contribution in [0.4, 0.5) is 18.9 Å². The van der Waals surface area contributed by atoms with E-state index in [1.54, 1.807) is 30.3 Å². The fourth-order valence-electron chi connectivity index (χ4n) is 2.29. The molecule has 0 aliphatic heterocycles. The minimum absolute atomic E-state index is 0.0264. The Labute approximate surface area is 150 Å². The van der Waals surface area contributed by atoms with Crippen molar-refractivity contribution in [2.75, 3.05) is 11.4 Å². The number of nitrogens with zero attached hydrogens (tertiary/aromatic N) is 1. The highest BCUT2D eigenvalue weighted by Crippen LogP contribution is 2.33. The van der Waals surface area contributed by atoms with E-state index in [0.717, 1.165) is 11.2 Å². The van der Waals surface area contributed by atoms with Gasteiger partial charge in [-0.1, -0.05) is 30.3 Å². The van der Waals surface area contributed by atoms with Crippen molar-refractivity contribution in [1.29, 1.82) is 0 Å². The number of para-hydroxylation sites is 1. The Balaban J connectivity index is 2.14. The average Bonchev–Trinajstić information content (AvgIpc) is 2.59. The SMILES string of the molecule is CN(c1ccccc1)S(=O)(=O)c1ccc(CCC(C)(O)C(F)(F)F)cc1. The van der Waals surface area contributed by atoms with Gasteiger partial charge in [-0.2, -0.15) is 13.2 Å². The summed E-state index contributed by atoms with van der Waals surface area (Å²) in [7, 11) is -2.34. The minimum atomic E-state index is -4.71. The van der Waals surface area contributed by atoms with E-state index < -0.39 is 28.2 Å². The summed E-state index contributed by atoms with van der Waals surface area (Å²) in [6, 6.07) is 14.1. The molecule has 26 heavy (non-hydrogen) atoms. The molecule has 8 heteroatoms. The summed E-state index contributed by atoms with van der Waals surface area (Å²) in [5.41, 5.74) is -1.78. The zero-order chi connectivity index (χ0) is 19.6. The molecule has 1 N–H and O–H groups in total. The van der Waals surface area contributed by atoms with Crippen LogP contribution in [-0.4, -0.2) is 32.3 Å². The molecule has 0 saturated heterocycles. The molecule has 0 aliphatic carbocycles. The number of anilines is 1. The molecule has 2 aromatic carbocycles. The summed E-state index contributed by atoms with van der Waals surface area (Å²) in [6.07, 6.45) is -5.25. The molecule has 0 aromatic heterocycles. The third-order valence-electron chi connectivity index (χ3n) is 4.21. The number of hydrogen-bond acceptors (Lipinski definition) is 3. The van der Waals surface area contributed by atoms with Crippen molar-refractivity contribution in [3.05, 3.63) is 60.2 Å². The smallest absolute Gasteiger partial charge is 0.381 e. The fourth-order valence-corrected chi connectivity index (χ4v) is 3.49. The van der Waals surface area contributed by atoms with Gasteiger partial charge in [-0.25, -0.2) is 8.42 Å². The van der Waals surface area contributed by atoms with E-state index in [1.165, 1.54) is 31.3 Å². The number of benzene rings is 2. The van der Waals surface area contributed by atoms with Gasteiger partial charge in [0.2, 0.25) is 0 Å². The van der Waals surface area contributed by atoms with Crippen LogP contribution in [0.5, 0.6) is 0 Å². The number of halogens is 3. The predicted molar refractivity (Wildman–Crippen MR) is 93.5 cm³/mol. The standard InChI is InChI=1S/C18H20F3NO3S/c1-17(23,18(19,20)21)13-12-14-8-10-16(11-9-14)26(24,25)22(2)15-6-4-3-5-7-15/h3-11,23H,12-13H2,1-2H3. The van der Waals surface area contributed by atoms with Crippen molar-refractivity contribution >= 4 is 15.7 Å². The van der Waals surface area contributed by atoms with E-state index >= 15 is 0 Å². The molecule has 0 fully saturated rings. The molecule has 0 heterocycles. The molecule has 1 unspecified atom stereocenters. The minimum Gasteiger partial charge on any atom is -0.381 e. The van der Waals surface area contributed by atoms with Gasteiger partial charge in [-0.05, 0) is 49.6 Å². The van der Waals surface area contributed by atoms with Gasteiger partial charge in [-0.15, -0.1) is 0 Å². The van der Waals surface area contributed by atoms with Crippen LogP contribution in [0.1, 0.15) is 18.9 Å². The Kier molecular flexibility index (Phi) is 5.67. The second-order valence-electron chi connectivity index (χ2n) is 6.22. The maximum atomic E-state index is 12.7. The first-order valence-electron chi connectivity index (χ1n) is 7.87. The average molecular weight is 387 g/mol. The monoisotopic (exact) mass is 387 g/mol. The van der Waals surface area contributed by atoms with Crippen LogP contribution in [0, 0.1) is 0 Å². The second-order valence-corrected chi connectivity index (χ2v) is 8.19. The van der Waals surface area contributed by atoms with E-state index in [0.29, 0.717) is 11.3 Å². The largest absolute Gasteiger partial charge is 0.416 e. The van der Waals surface area contributed by atoms with E-state index in [-0.39, 0.29) is 11.3 Å². The van der Waals surface area contributed by atoms with E-state index in [1.807, 2.05) is 0 Å². The summed E-state index contributed by atoms with van der Waals surface area (Å²) >= 11 is 0. The summed E-state index contributed by atoms with van der Waals surface area (Å²) < 4.78 is 64.4. The first-order valence-corrected chi connectivity index (χ1v) is 9.31. The van der Waals surface area contributed by atoms with E-state index in [4.69, 9.17) is 0 Å². The number of sulfonamides is 1. The molecule has 1 atom stereocenters. The van der Waals surface area contributed by atoms with Crippen molar-refractivity contribution in [1.82, 2.24) is 0 Å². The maximum absolute atomic E-state index is 12.7. The lowest BCUT2D eigenvalue weighted by Crippen LogP contribution is -2.42.